The molecule has 1 N–H and O–H groups in total. The molecular formula is C16H21FN2O2S. The summed E-state index contributed by atoms with van der Waals surface area (Å²) in [5, 5.41) is 2.82. The molecule has 4 nitrogen and oxygen atoms in total. The number of rotatable bonds is 5. The summed E-state index contributed by atoms with van der Waals surface area (Å²) in [6.07, 6.45) is 4.36. The Morgan fingerprint density at radius 3 is 3.05 bits per heavy atom. The Hall–Kier alpha value is -1.11. The van der Waals surface area contributed by atoms with Crippen molar-refractivity contribution >= 4 is 17.7 Å². The smallest absolute Gasteiger partial charge is 0.255 e. The number of nitrogens with zero attached hydrogens (tertiary/aromatic N) is 1. The highest BCUT2D eigenvalue weighted by Crippen LogP contribution is 2.28. The molecule has 2 aliphatic rings. The largest absolute Gasteiger partial charge is 0.374 e. The molecule has 1 aliphatic heterocycles. The zero-order valence-corrected chi connectivity index (χ0v) is 13.5. The minimum absolute atomic E-state index is 0.0113. The summed E-state index contributed by atoms with van der Waals surface area (Å²) in [5.41, 5.74) is 0.129. The van der Waals surface area contributed by atoms with Crippen molar-refractivity contribution in [3.8, 4) is 0 Å². The van der Waals surface area contributed by atoms with E-state index in [1.54, 1.807) is 12.1 Å². The van der Waals surface area contributed by atoms with Gasteiger partial charge in [-0.1, -0.05) is 6.07 Å². The molecule has 0 bridgehead atoms. The lowest BCUT2D eigenvalue weighted by Gasteiger charge is -2.33. The molecule has 1 atom stereocenters. The lowest BCUT2D eigenvalue weighted by Crippen LogP contribution is -2.48. The number of thioether (sulfide) groups is 1. The van der Waals surface area contributed by atoms with E-state index in [4.69, 9.17) is 4.74 Å². The van der Waals surface area contributed by atoms with E-state index in [9.17, 15) is 9.18 Å². The minimum atomic E-state index is -0.478. The van der Waals surface area contributed by atoms with Gasteiger partial charge in [-0.15, -0.1) is 11.8 Å². The number of hydrogen-bond donors (Lipinski definition) is 1. The zero-order valence-electron chi connectivity index (χ0n) is 12.7. The summed E-state index contributed by atoms with van der Waals surface area (Å²) in [7, 11) is 0. The fourth-order valence-corrected chi connectivity index (χ4v) is 3.44. The van der Waals surface area contributed by atoms with Crippen LogP contribution in [0.4, 0.5) is 4.39 Å². The maximum Gasteiger partial charge on any atom is 0.255 e. The molecule has 1 aliphatic carbocycles. The molecule has 22 heavy (non-hydrogen) atoms. The van der Waals surface area contributed by atoms with Gasteiger partial charge in [0.05, 0.1) is 18.3 Å². The van der Waals surface area contributed by atoms with E-state index in [0.29, 0.717) is 24.1 Å². The Balaban J connectivity index is 1.58. The number of amides is 1. The van der Waals surface area contributed by atoms with Crippen LogP contribution in [0, 0.1) is 5.82 Å². The number of morpholine rings is 1. The Morgan fingerprint density at radius 2 is 2.32 bits per heavy atom. The average molecular weight is 324 g/mol. The predicted octanol–water partition coefficient (Wildman–Crippen LogP) is 2.14. The monoisotopic (exact) mass is 324 g/mol. The Labute approximate surface area is 134 Å². The molecule has 6 heteroatoms. The average Bonchev–Trinajstić information content (AvgIpc) is 3.37. The first-order valence-corrected chi connectivity index (χ1v) is 8.88. The Morgan fingerprint density at radius 1 is 1.50 bits per heavy atom. The topological polar surface area (TPSA) is 41.6 Å². The number of halogens is 1. The van der Waals surface area contributed by atoms with Gasteiger partial charge in [-0.3, -0.25) is 9.69 Å². The third kappa shape index (κ3) is 3.62. The number of nitrogens with one attached hydrogen (secondary N) is 1. The number of ether oxygens (including phenoxy) is 1. The number of carbonyl (C=O) groups is 1. The van der Waals surface area contributed by atoms with Crippen molar-refractivity contribution in [2.24, 2.45) is 0 Å². The van der Waals surface area contributed by atoms with Crippen LogP contribution in [0.25, 0.3) is 0 Å². The van der Waals surface area contributed by atoms with Crippen molar-refractivity contribution in [2.45, 2.75) is 29.9 Å². The maximum absolute atomic E-state index is 13.9. The van der Waals surface area contributed by atoms with E-state index in [1.807, 2.05) is 6.26 Å². The van der Waals surface area contributed by atoms with Crippen molar-refractivity contribution < 1.29 is 13.9 Å². The molecule has 1 aromatic rings. The van der Waals surface area contributed by atoms with E-state index >= 15 is 0 Å². The molecule has 3 rings (SSSR count). The molecule has 1 heterocycles. The van der Waals surface area contributed by atoms with Gasteiger partial charge in [-0.2, -0.15) is 0 Å². The van der Waals surface area contributed by atoms with Gasteiger partial charge in [0.2, 0.25) is 0 Å². The van der Waals surface area contributed by atoms with Gasteiger partial charge in [0.25, 0.3) is 5.91 Å². The van der Waals surface area contributed by atoms with Gasteiger partial charge in [0.1, 0.15) is 5.82 Å². The molecule has 0 aromatic heterocycles. The maximum atomic E-state index is 13.9. The van der Waals surface area contributed by atoms with Gasteiger partial charge in [0, 0.05) is 30.6 Å². The molecule has 1 saturated heterocycles. The molecule has 1 saturated carbocycles. The standard InChI is InChI=1S/C16H21FN2O2S/c1-22-14-4-2-3-13(17)15(14)16(20)18-9-12-10-19(7-8-21-12)11-5-6-11/h2-4,11-12H,5-10H2,1H3,(H,18,20)/t12-/m0/s1. The lowest BCUT2D eigenvalue weighted by molar-refractivity contribution is -0.0293. The highest BCUT2D eigenvalue weighted by Gasteiger charge is 2.33. The molecule has 2 fully saturated rings. The second-order valence-electron chi connectivity index (χ2n) is 5.75. The van der Waals surface area contributed by atoms with Crippen molar-refractivity contribution in [3.05, 3.63) is 29.6 Å². The van der Waals surface area contributed by atoms with Crippen LogP contribution in [0.15, 0.2) is 23.1 Å². The number of hydrogen-bond acceptors (Lipinski definition) is 4. The van der Waals surface area contributed by atoms with Crippen molar-refractivity contribution in [1.82, 2.24) is 10.2 Å². The molecular weight excluding hydrogens is 303 g/mol. The van der Waals surface area contributed by atoms with Gasteiger partial charge in [-0.05, 0) is 31.2 Å². The normalized spacial score (nSPS) is 22.5. The fraction of sp³-hybridized carbons (Fsp3) is 0.562. The highest BCUT2D eigenvalue weighted by atomic mass is 32.2. The van der Waals surface area contributed by atoms with Crippen LogP contribution in [0.2, 0.25) is 0 Å². The number of carbonyl (C=O) groups excluding carboxylic acids is 1. The van der Waals surface area contributed by atoms with E-state index in [-0.39, 0.29) is 17.6 Å². The molecule has 120 valence electrons. The SMILES string of the molecule is CSc1cccc(F)c1C(=O)NC[C@H]1CN(C2CC2)CCO1. The first kappa shape index (κ1) is 15.8. The van der Waals surface area contributed by atoms with E-state index in [1.165, 1.54) is 30.7 Å². The van der Waals surface area contributed by atoms with Crippen LogP contribution >= 0.6 is 11.8 Å². The number of benzene rings is 1. The molecule has 1 aromatic carbocycles. The summed E-state index contributed by atoms with van der Waals surface area (Å²) < 4.78 is 19.6. The van der Waals surface area contributed by atoms with Crippen LogP contribution in [-0.2, 0) is 4.74 Å². The minimum Gasteiger partial charge on any atom is -0.374 e. The summed E-state index contributed by atoms with van der Waals surface area (Å²) in [6, 6.07) is 5.40. The van der Waals surface area contributed by atoms with E-state index < -0.39 is 5.82 Å². The fourth-order valence-electron chi connectivity index (χ4n) is 2.83. The summed E-state index contributed by atoms with van der Waals surface area (Å²) in [4.78, 5) is 15.4. The Bertz CT molecular complexity index is 551. The van der Waals surface area contributed by atoms with Crippen molar-refractivity contribution in [1.29, 1.82) is 0 Å². The second-order valence-corrected chi connectivity index (χ2v) is 6.59. The molecule has 0 spiro atoms. The zero-order chi connectivity index (χ0) is 15.5. The summed E-state index contributed by atoms with van der Waals surface area (Å²) in [5.74, 6) is -0.844. The van der Waals surface area contributed by atoms with Crippen LogP contribution in [0.1, 0.15) is 23.2 Å². The quantitative estimate of drug-likeness (QED) is 0.843. The van der Waals surface area contributed by atoms with Crippen molar-refractivity contribution in [2.75, 3.05) is 32.5 Å². The first-order valence-electron chi connectivity index (χ1n) is 7.65. The first-order chi connectivity index (χ1) is 10.7. The summed E-state index contributed by atoms with van der Waals surface area (Å²) >= 11 is 1.37. The van der Waals surface area contributed by atoms with Gasteiger partial charge in [-0.25, -0.2) is 4.39 Å². The third-order valence-corrected chi connectivity index (χ3v) is 4.93. The summed E-state index contributed by atoms with van der Waals surface area (Å²) in [6.45, 7) is 2.94. The van der Waals surface area contributed by atoms with Crippen LogP contribution in [-0.4, -0.2) is 55.4 Å². The third-order valence-electron chi connectivity index (χ3n) is 4.15. The lowest BCUT2D eigenvalue weighted by atomic mass is 10.2. The van der Waals surface area contributed by atoms with E-state index in [0.717, 1.165) is 13.1 Å². The van der Waals surface area contributed by atoms with E-state index in [2.05, 4.69) is 10.2 Å². The Kier molecular flexibility index (Phi) is 5.00. The van der Waals surface area contributed by atoms with Gasteiger partial charge >= 0.3 is 0 Å². The van der Waals surface area contributed by atoms with Crippen LogP contribution < -0.4 is 5.32 Å². The van der Waals surface area contributed by atoms with Gasteiger partial charge < -0.3 is 10.1 Å². The predicted molar refractivity (Wildman–Crippen MR) is 84.8 cm³/mol. The molecule has 0 unspecified atom stereocenters. The molecule has 0 radical (unpaired) electrons. The van der Waals surface area contributed by atoms with Crippen LogP contribution in [0.3, 0.4) is 0 Å². The second kappa shape index (κ2) is 6.98. The highest BCUT2D eigenvalue weighted by molar-refractivity contribution is 7.98. The van der Waals surface area contributed by atoms with Gasteiger partial charge in [0.15, 0.2) is 0 Å². The van der Waals surface area contributed by atoms with Crippen molar-refractivity contribution in [3.63, 3.8) is 0 Å². The van der Waals surface area contributed by atoms with Crippen LogP contribution in [0.5, 0.6) is 0 Å². The molecule has 1 amide bonds.